The van der Waals surface area contributed by atoms with E-state index in [9.17, 15) is 4.79 Å². The first-order valence-corrected chi connectivity index (χ1v) is 4.76. The number of hydrogen-bond donors (Lipinski definition) is 0. The van der Waals surface area contributed by atoms with Crippen LogP contribution in [0.4, 0.5) is 0 Å². The molecular formula is C11H14O2. The normalized spacial score (nSPS) is 36.7. The summed E-state index contributed by atoms with van der Waals surface area (Å²) >= 11 is 0. The first kappa shape index (κ1) is 8.70. The molecule has 1 aliphatic heterocycles. The first-order valence-electron chi connectivity index (χ1n) is 4.76. The van der Waals surface area contributed by atoms with Crippen LogP contribution in [-0.2, 0) is 9.53 Å². The Labute approximate surface area is 78.3 Å². The molecule has 1 unspecified atom stereocenters. The van der Waals surface area contributed by atoms with Crippen molar-refractivity contribution in [3.05, 3.63) is 23.3 Å². The van der Waals surface area contributed by atoms with Gasteiger partial charge < -0.3 is 4.74 Å². The number of Topliss-reactive ketones (excluding diaryl/α,β-unsaturated/α-hetero) is 1. The molecule has 2 heteroatoms. The number of carbonyl (C=O) groups excluding carboxylic acids is 1. The summed E-state index contributed by atoms with van der Waals surface area (Å²) in [6.45, 7) is 3.32. The maximum atomic E-state index is 11.6. The molecule has 0 aromatic rings. The second kappa shape index (κ2) is 3.46. The van der Waals surface area contributed by atoms with Crippen LogP contribution in [0.1, 0.15) is 19.8 Å². The van der Waals surface area contributed by atoms with Gasteiger partial charge in [0.15, 0.2) is 5.78 Å². The summed E-state index contributed by atoms with van der Waals surface area (Å²) in [7, 11) is 0. The molecule has 1 atom stereocenters. The van der Waals surface area contributed by atoms with Gasteiger partial charge in [0.2, 0.25) is 0 Å². The summed E-state index contributed by atoms with van der Waals surface area (Å²) in [6.07, 6.45) is 5.81. The highest BCUT2D eigenvalue weighted by atomic mass is 16.5. The lowest BCUT2D eigenvalue weighted by molar-refractivity contribution is -0.115. The van der Waals surface area contributed by atoms with Crippen molar-refractivity contribution in [2.24, 2.45) is 5.92 Å². The van der Waals surface area contributed by atoms with Crippen molar-refractivity contribution < 1.29 is 9.53 Å². The van der Waals surface area contributed by atoms with Gasteiger partial charge in [-0.1, -0.05) is 12.2 Å². The Morgan fingerprint density at radius 2 is 2.38 bits per heavy atom. The maximum absolute atomic E-state index is 11.6. The molecule has 2 rings (SSSR count). The molecule has 0 aromatic heterocycles. The molecule has 13 heavy (non-hydrogen) atoms. The highest BCUT2D eigenvalue weighted by Gasteiger charge is 2.24. The molecule has 0 spiro atoms. The predicted octanol–water partition coefficient (Wildman–Crippen LogP) is 1.87. The molecule has 70 valence electrons. The van der Waals surface area contributed by atoms with Crippen LogP contribution < -0.4 is 0 Å². The van der Waals surface area contributed by atoms with Crippen LogP contribution in [0.25, 0.3) is 0 Å². The smallest absolute Gasteiger partial charge is 0.158 e. The maximum Gasteiger partial charge on any atom is 0.158 e. The lowest BCUT2D eigenvalue weighted by Gasteiger charge is -2.11. The molecule has 1 aliphatic carbocycles. The van der Waals surface area contributed by atoms with E-state index < -0.39 is 0 Å². The quantitative estimate of drug-likeness (QED) is 0.529. The third-order valence-electron chi connectivity index (χ3n) is 2.81. The van der Waals surface area contributed by atoms with Gasteiger partial charge in [-0.2, -0.15) is 0 Å². The molecule has 1 fully saturated rings. The van der Waals surface area contributed by atoms with Gasteiger partial charge in [0.25, 0.3) is 0 Å². The van der Waals surface area contributed by atoms with Gasteiger partial charge in [-0.3, -0.25) is 4.79 Å². The molecule has 1 heterocycles. The minimum atomic E-state index is 0.287. The Kier molecular flexibility index (Phi) is 2.32. The van der Waals surface area contributed by atoms with E-state index >= 15 is 0 Å². The van der Waals surface area contributed by atoms with Crippen molar-refractivity contribution in [3.63, 3.8) is 0 Å². The van der Waals surface area contributed by atoms with Gasteiger partial charge in [-0.25, -0.2) is 0 Å². The molecule has 2 nitrogen and oxygen atoms in total. The molecule has 0 bridgehead atoms. The van der Waals surface area contributed by atoms with Crippen LogP contribution in [0, 0.1) is 5.92 Å². The highest BCUT2D eigenvalue weighted by Crippen LogP contribution is 2.27. The average molecular weight is 178 g/mol. The van der Waals surface area contributed by atoms with Crippen LogP contribution in [-0.4, -0.2) is 19.0 Å². The summed E-state index contributed by atoms with van der Waals surface area (Å²) in [6, 6.07) is 0. The van der Waals surface area contributed by atoms with Crippen LogP contribution in [0.2, 0.25) is 0 Å². The molecule has 0 aromatic carbocycles. The summed E-state index contributed by atoms with van der Waals surface area (Å²) in [5, 5.41) is 0. The van der Waals surface area contributed by atoms with E-state index in [0.29, 0.717) is 18.9 Å². The Bertz CT molecular complexity index is 286. The van der Waals surface area contributed by atoms with Crippen molar-refractivity contribution in [1.29, 1.82) is 0 Å². The number of hydrogen-bond acceptors (Lipinski definition) is 2. The van der Waals surface area contributed by atoms with Crippen molar-refractivity contribution in [3.8, 4) is 0 Å². The van der Waals surface area contributed by atoms with E-state index in [1.54, 1.807) is 0 Å². The lowest BCUT2D eigenvalue weighted by Crippen LogP contribution is -2.09. The Hall–Kier alpha value is -0.890. The standard InChI is InChI=1S/C11H14O2/c1-8-10-7-13-6-9(10)4-2-3-5-11(8)12/h2,4,9H,3,5-7H2,1H3/b4-2-,10-8-. The van der Waals surface area contributed by atoms with Crippen LogP contribution >= 0.6 is 0 Å². The van der Waals surface area contributed by atoms with Crippen molar-refractivity contribution in [2.75, 3.05) is 13.2 Å². The zero-order valence-electron chi connectivity index (χ0n) is 7.88. The number of ether oxygens (including phenoxy) is 1. The number of carbonyl (C=O) groups is 1. The molecular weight excluding hydrogens is 164 g/mol. The molecule has 2 aliphatic rings. The van der Waals surface area contributed by atoms with Crippen LogP contribution in [0.5, 0.6) is 0 Å². The fraction of sp³-hybridized carbons (Fsp3) is 0.545. The van der Waals surface area contributed by atoms with Gasteiger partial charge in [0.05, 0.1) is 13.2 Å². The Morgan fingerprint density at radius 1 is 1.54 bits per heavy atom. The monoisotopic (exact) mass is 178 g/mol. The summed E-state index contributed by atoms with van der Waals surface area (Å²) in [4.78, 5) is 11.6. The second-order valence-electron chi connectivity index (χ2n) is 3.66. The lowest BCUT2D eigenvalue weighted by atomic mass is 9.91. The molecule has 0 radical (unpaired) electrons. The van der Waals surface area contributed by atoms with Gasteiger partial charge in [0, 0.05) is 12.3 Å². The Morgan fingerprint density at radius 3 is 3.23 bits per heavy atom. The second-order valence-corrected chi connectivity index (χ2v) is 3.66. The topological polar surface area (TPSA) is 26.3 Å². The van der Waals surface area contributed by atoms with Gasteiger partial charge >= 0.3 is 0 Å². The van der Waals surface area contributed by atoms with E-state index in [4.69, 9.17) is 4.74 Å². The van der Waals surface area contributed by atoms with Crippen molar-refractivity contribution >= 4 is 5.78 Å². The van der Waals surface area contributed by atoms with E-state index in [-0.39, 0.29) is 5.78 Å². The van der Waals surface area contributed by atoms with Gasteiger partial charge in [-0.05, 0) is 24.5 Å². The van der Waals surface area contributed by atoms with Crippen LogP contribution in [0.15, 0.2) is 23.3 Å². The third kappa shape index (κ3) is 1.59. The molecule has 0 saturated carbocycles. The number of ketones is 1. The average Bonchev–Trinajstić information content (AvgIpc) is 2.56. The highest BCUT2D eigenvalue weighted by molar-refractivity contribution is 5.95. The molecule has 1 saturated heterocycles. The van der Waals surface area contributed by atoms with Crippen molar-refractivity contribution in [1.82, 2.24) is 0 Å². The van der Waals surface area contributed by atoms with Gasteiger partial charge in [0.1, 0.15) is 0 Å². The zero-order valence-corrected chi connectivity index (χ0v) is 7.88. The minimum absolute atomic E-state index is 0.287. The molecule has 0 N–H and O–H groups in total. The van der Waals surface area contributed by atoms with Gasteiger partial charge in [-0.15, -0.1) is 0 Å². The largest absolute Gasteiger partial charge is 0.376 e. The van der Waals surface area contributed by atoms with E-state index in [0.717, 1.165) is 18.6 Å². The zero-order chi connectivity index (χ0) is 9.26. The number of allylic oxidation sites excluding steroid dienone is 2. The minimum Gasteiger partial charge on any atom is -0.376 e. The van der Waals surface area contributed by atoms with Crippen LogP contribution in [0.3, 0.4) is 0 Å². The first-order chi connectivity index (χ1) is 6.29. The Balaban J connectivity index is 2.35. The fourth-order valence-electron chi connectivity index (χ4n) is 1.90. The number of rotatable bonds is 0. The fourth-order valence-corrected chi connectivity index (χ4v) is 1.90. The van der Waals surface area contributed by atoms with Crippen molar-refractivity contribution in [2.45, 2.75) is 19.8 Å². The predicted molar refractivity (Wildman–Crippen MR) is 50.4 cm³/mol. The van der Waals surface area contributed by atoms with E-state index in [1.807, 2.05) is 6.92 Å². The van der Waals surface area contributed by atoms with E-state index in [2.05, 4.69) is 12.2 Å². The summed E-state index contributed by atoms with van der Waals surface area (Å²) < 4.78 is 5.36. The number of fused-ring (bicyclic) bond motifs is 1. The SMILES string of the molecule is C/C1=C2\COCC2/C=C\CCC1=O. The third-order valence-corrected chi connectivity index (χ3v) is 2.81. The molecule has 0 amide bonds. The summed E-state index contributed by atoms with van der Waals surface area (Å²) in [5.74, 6) is 0.652. The summed E-state index contributed by atoms with van der Waals surface area (Å²) in [5.41, 5.74) is 2.13. The van der Waals surface area contributed by atoms with E-state index in [1.165, 1.54) is 5.57 Å².